The van der Waals surface area contributed by atoms with Crippen LogP contribution in [0, 0.1) is 5.82 Å². The van der Waals surface area contributed by atoms with E-state index in [9.17, 15) is 22.4 Å². The molecule has 0 bridgehead atoms. The summed E-state index contributed by atoms with van der Waals surface area (Å²) in [6, 6.07) is 27.7. The highest BCUT2D eigenvalue weighted by Crippen LogP contribution is 2.26. The fraction of sp³-hybridized carbons (Fsp3) is 0.161. The normalized spacial score (nSPS) is 11.9. The van der Waals surface area contributed by atoms with Crippen molar-refractivity contribution in [1.82, 2.24) is 10.2 Å². The minimum atomic E-state index is -4.21. The molecule has 10 heteroatoms. The summed E-state index contributed by atoms with van der Waals surface area (Å²) < 4.78 is 42.4. The van der Waals surface area contributed by atoms with E-state index < -0.39 is 40.2 Å². The smallest absolute Gasteiger partial charge is 0.264 e. The van der Waals surface area contributed by atoms with E-state index in [-0.39, 0.29) is 23.5 Å². The van der Waals surface area contributed by atoms with Crippen LogP contribution in [0.2, 0.25) is 5.02 Å². The van der Waals surface area contributed by atoms with Crippen LogP contribution < -0.4 is 9.62 Å². The Balaban J connectivity index is 1.76. The Labute approximate surface area is 244 Å². The third-order valence-electron chi connectivity index (χ3n) is 6.51. The van der Waals surface area contributed by atoms with Crippen molar-refractivity contribution >= 4 is 39.1 Å². The third kappa shape index (κ3) is 7.50. The molecular formula is C31H29ClFN3O4S. The fourth-order valence-corrected chi connectivity index (χ4v) is 5.90. The molecule has 7 nitrogen and oxygen atoms in total. The number of nitrogens with zero attached hydrogens (tertiary/aromatic N) is 2. The molecule has 0 saturated carbocycles. The van der Waals surface area contributed by atoms with E-state index in [0.717, 1.165) is 9.87 Å². The van der Waals surface area contributed by atoms with E-state index in [1.807, 2.05) is 30.3 Å². The van der Waals surface area contributed by atoms with Crippen LogP contribution in [-0.4, -0.2) is 44.8 Å². The lowest BCUT2D eigenvalue weighted by molar-refractivity contribution is -0.139. The molecule has 0 aliphatic heterocycles. The molecule has 0 aliphatic rings. The third-order valence-corrected chi connectivity index (χ3v) is 8.55. The molecule has 4 aromatic rings. The molecule has 4 aromatic carbocycles. The monoisotopic (exact) mass is 593 g/mol. The van der Waals surface area contributed by atoms with E-state index in [1.165, 1.54) is 60.5 Å². The fourth-order valence-electron chi connectivity index (χ4n) is 4.36. The van der Waals surface area contributed by atoms with Gasteiger partial charge in [0.05, 0.1) is 10.6 Å². The molecule has 2 amide bonds. The molecule has 0 radical (unpaired) electrons. The van der Waals surface area contributed by atoms with E-state index in [4.69, 9.17) is 11.6 Å². The lowest BCUT2D eigenvalue weighted by Crippen LogP contribution is -2.53. The molecule has 0 saturated heterocycles. The van der Waals surface area contributed by atoms with Crippen LogP contribution >= 0.6 is 11.6 Å². The Morgan fingerprint density at radius 2 is 1.41 bits per heavy atom. The molecule has 0 fully saturated rings. The number of nitrogens with one attached hydrogen (secondary N) is 1. The summed E-state index contributed by atoms with van der Waals surface area (Å²) in [5.74, 6) is -1.47. The summed E-state index contributed by atoms with van der Waals surface area (Å²) in [5, 5.41) is 2.99. The summed E-state index contributed by atoms with van der Waals surface area (Å²) in [6.07, 6.45) is 0.183. The van der Waals surface area contributed by atoms with Crippen LogP contribution in [0.5, 0.6) is 0 Å². The number of carbonyl (C=O) groups excluding carboxylic acids is 2. The lowest BCUT2D eigenvalue weighted by Gasteiger charge is -2.33. The van der Waals surface area contributed by atoms with Crippen molar-refractivity contribution in [2.45, 2.75) is 23.9 Å². The maximum Gasteiger partial charge on any atom is 0.264 e. The Bertz CT molecular complexity index is 1570. The largest absolute Gasteiger partial charge is 0.357 e. The molecule has 212 valence electrons. The van der Waals surface area contributed by atoms with Gasteiger partial charge in [-0.3, -0.25) is 13.9 Å². The zero-order valence-corrected chi connectivity index (χ0v) is 23.9. The number of anilines is 1. The number of likely N-dealkylation sites (N-methyl/N-ethyl adjacent to an activating group) is 1. The maximum atomic E-state index is 14.1. The van der Waals surface area contributed by atoms with E-state index in [2.05, 4.69) is 5.32 Å². The summed E-state index contributed by atoms with van der Waals surface area (Å²) in [4.78, 5) is 28.6. The van der Waals surface area contributed by atoms with Gasteiger partial charge in [-0.1, -0.05) is 72.3 Å². The second kappa shape index (κ2) is 13.4. The minimum Gasteiger partial charge on any atom is -0.357 e. The number of carbonyl (C=O) groups is 2. The van der Waals surface area contributed by atoms with Gasteiger partial charge in [-0.15, -0.1) is 0 Å². The van der Waals surface area contributed by atoms with Crippen molar-refractivity contribution < 1.29 is 22.4 Å². The summed E-state index contributed by atoms with van der Waals surface area (Å²) in [6.45, 7) is -0.633. The van der Waals surface area contributed by atoms with Gasteiger partial charge in [0.25, 0.3) is 10.0 Å². The van der Waals surface area contributed by atoms with Crippen molar-refractivity contribution in [1.29, 1.82) is 0 Å². The van der Waals surface area contributed by atoms with Crippen LogP contribution in [0.25, 0.3) is 0 Å². The molecule has 0 aliphatic carbocycles. The van der Waals surface area contributed by atoms with Crippen LogP contribution in [0.15, 0.2) is 114 Å². The number of rotatable bonds is 11. The van der Waals surface area contributed by atoms with Crippen molar-refractivity contribution in [3.8, 4) is 0 Å². The van der Waals surface area contributed by atoms with Crippen molar-refractivity contribution in [2.24, 2.45) is 0 Å². The lowest BCUT2D eigenvalue weighted by atomic mass is 10.0. The van der Waals surface area contributed by atoms with Gasteiger partial charge in [-0.2, -0.15) is 0 Å². The molecule has 0 spiro atoms. The van der Waals surface area contributed by atoms with E-state index >= 15 is 0 Å². The highest BCUT2D eigenvalue weighted by Gasteiger charge is 2.34. The number of halogens is 2. The standard InChI is InChI=1S/C31H29ClFN3O4S/c1-34-31(38)29(20-23-8-4-2-5-9-23)35(21-24-12-16-26(33)17-13-24)30(37)22-36(27-10-6-3-7-11-27)41(39,40)28-18-14-25(32)15-19-28/h2-19,29H,20-22H2,1H3,(H,34,38). The maximum absolute atomic E-state index is 14.1. The number of amides is 2. The van der Waals surface area contributed by atoms with Gasteiger partial charge in [0.15, 0.2) is 0 Å². The minimum absolute atomic E-state index is 0.0456. The van der Waals surface area contributed by atoms with Crippen LogP contribution in [0.1, 0.15) is 11.1 Å². The first-order valence-electron chi connectivity index (χ1n) is 12.8. The predicted octanol–water partition coefficient (Wildman–Crippen LogP) is 5.06. The molecule has 0 aromatic heterocycles. The highest BCUT2D eigenvalue weighted by molar-refractivity contribution is 7.92. The van der Waals surface area contributed by atoms with Crippen LogP contribution in [-0.2, 0) is 32.6 Å². The quantitative estimate of drug-likeness (QED) is 0.263. The van der Waals surface area contributed by atoms with Crippen LogP contribution in [0.3, 0.4) is 0 Å². The molecule has 41 heavy (non-hydrogen) atoms. The summed E-state index contributed by atoms with van der Waals surface area (Å²) >= 11 is 5.99. The predicted molar refractivity (Wildman–Crippen MR) is 157 cm³/mol. The van der Waals surface area contributed by atoms with Gasteiger partial charge in [-0.05, 0) is 59.7 Å². The Kier molecular flexibility index (Phi) is 9.75. The Morgan fingerprint density at radius 3 is 2.00 bits per heavy atom. The Morgan fingerprint density at radius 1 is 0.829 bits per heavy atom. The topological polar surface area (TPSA) is 86.8 Å². The van der Waals surface area contributed by atoms with E-state index in [0.29, 0.717) is 10.6 Å². The first kappa shape index (κ1) is 29.8. The zero-order chi connectivity index (χ0) is 29.4. The van der Waals surface area contributed by atoms with E-state index in [1.54, 1.807) is 30.3 Å². The molecule has 1 unspecified atom stereocenters. The first-order chi connectivity index (χ1) is 19.7. The number of sulfonamides is 1. The van der Waals surface area contributed by atoms with Crippen molar-refractivity contribution in [2.75, 3.05) is 17.9 Å². The molecule has 1 atom stereocenters. The molecule has 0 heterocycles. The second-order valence-electron chi connectivity index (χ2n) is 9.27. The zero-order valence-electron chi connectivity index (χ0n) is 22.3. The van der Waals surface area contributed by atoms with Gasteiger partial charge in [0.2, 0.25) is 11.8 Å². The molecular weight excluding hydrogens is 565 g/mol. The highest BCUT2D eigenvalue weighted by atomic mass is 35.5. The summed E-state index contributed by atoms with van der Waals surface area (Å²) in [5.41, 5.74) is 1.66. The first-order valence-corrected chi connectivity index (χ1v) is 14.6. The number of benzene rings is 4. The van der Waals surface area contributed by atoms with Gasteiger partial charge in [0, 0.05) is 25.0 Å². The average molecular weight is 594 g/mol. The summed E-state index contributed by atoms with van der Waals surface area (Å²) in [7, 11) is -2.74. The molecule has 4 rings (SSSR count). The SMILES string of the molecule is CNC(=O)C(Cc1ccccc1)N(Cc1ccc(F)cc1)C(=O)CN(c1ccccc1)S(=O)(=O)c1ccc(Cl)cc1. The second-order valence-corrected chi connectivity index (χ2v) is 11.6. The van der Waals surface area contributed by atoms with Gasteiger partial charge in [-0.25, -0.2) is 12.8 Å². The van der Waals surface area contributed by atoms with Gasteiger partial charge < -0.3 is 10.2 Å². The Hall–Kier alpha value is -4.21. The number of para-hydroxylation sites is 1. The van der Waals surface area contributed by atoms with Crippen molar-refractivity contribution in [3.63, 3.8) is 0 Å². The van der Waals surface area contributed by atoms with Gasteiger partial charge >= 0.3 is 0 Å². The van der Waals surface area contributed by atoms with Crippen molar-refractivity contribution in [3.05, 3.63) is 131 Å². The number of hydrogen-bond donors (Lipinski definition) is 1. The molecule has 1 N–H and O–H groups in total. The van der Waals surface area contributed by atoms with Gasteiger partial charge in [0.1, 0.15) is 18.4 Å². The van der Waals surface area contributed by atoms with Crippen LogP contribution in [0.4, 0.5) is 10.1 Å². The number of hydrogen-bond acceptors (Lipinski definition) is 4. The average Bonchev–Trinajstić information content (AvgIpc) is 2.99.